The summed E-state index contributed by atoms with van der Waals surface area (Å²) in [6, 6.07) is 12.4. The van der Waals surface area contributed by atoms with E-state index in [0.717, 1.165) is 0 Å². The Bertz CT molecular complexity index is 1260. The minimum absolute atomic E-state index is 0.0757. The van der Waals surface area contributed by atoms with Crippen LogP contribution < -0.4 is 18.9 Å². The zero-order valence-corrected chi connectivity index (χ0v) is 19.8. The third-order valence-electron chi connectivity index (χ3n) is 4.06. The van der Waals surface area contributed by atoms with Crippen LogP contribution in [-0.4, -0.2) is 36.0 Å². The Labute approximate surface area is 195 Å². The van der Waals surface area contributed by atoms with Crippen molar-refractivity contribution in [3.63, 3.8) is 0 Å². The highest BCUT2D eigenvalue weighted by Crippen LogP contribution is 2.30. The van der Waals surface area contributed by atoms with Gasteiger partial charge in [-0.1, -0.05) is 29.3 Å². The van der Waals surface area contributed by atoms with Crippen molar-refractivity contribution in [1.82, 2.24) is 4.98 Å². The van der Waals surface area contributed by atoms with E-state index in [4.69, 9.17) is 32.7 Å². The summed E-state index contributed by atoms with van der Waals surface area (Å²) in [7, 11) is -5.65. The summed E-state index contributed by atoms with van der Waals surface area (Å²) in [5, 5.41) is 0.382. The molecule has 9 nitrogen and oxygen atoms in total. The molecule has 0 saturated carbocycles. The number of pyridine rings is 1. The predicted molar refractivity (Wildman–Crippen MR) is 122 cm³/mol. The minimum Gasteiger partial charge on any atom is -0.495 e. The van der Waals surface area contributed by atoms with Gasteiger partial charge >= 0.3 is 0 Å². The lowest BCUT2D eigenvalue weighted by molar-refractivity contribution is 0.402. The monoisotopic (exact) mass is 517 g/mol. The van der Waals surface area contributed by atoms with Gasteiger partial charge in [-0.2, -0.15) is 0 Å². The van der Waals surface area contributed by atoms with Gasteiger partial charge in [0.05, 0.1) is 14.2 Å². The Balaban J connectivity index is 1.91. The second kappa shape index (κ2) is 9.41. The van der Waals surface area contributed by atoms with Crippen molar-refractivity contribution in [2.24, 2.45) is 0 Å². The first-order valence-electron chi connectivity index (χ1n) is 8.75. The Morgan fingerprint density at radius 3 is 1.50 bits per heavy atom. The molecule has 0 atom stereocenters. The van der Waals surface area contributed by atoms with Crippen LogP contribution in [0.5, 0.6) is 11.5 Å². The van der Waals surface area contributed by atoms with Crippen molar-refractivity contribution in [2.75, 3.05) is 23.7 Å². The normalized spacial score (nSPS) is 11.6. The van der Waals surface area contributed by atoms with E-state index in [-0.39, 0.29) is 43.0 Å². The minimum atomic E-state index is -4.14. The second-order valence-electron chi connectivity index (χ2n) is 6.21. The SMILES string of the molecule is COc1ccc(Cl)cc1S(=O)(=O)Nc1cccc(NS(=O)(=O)c2cc(Cl)ccc2OC)n1. The number of hydrogen-bond acceptors (Lipinski definition) is 7. The van der Waals surface area contributed by atoms with Crippen LogP contribution in [0.1, 0.15) is 0 Å². The number of anilines is 2. The number of ether oxygens (including phenoxy) is 2. The maximum Gasteiger partial charge on any atom is 0.266 e. The number of nitrogens with one attached hydrogen (secondary N) is 2. The zero-order valence-electron chi connectivity index (χ0n) is 16.7. The molecule has 0 amide bonds. The third kappa shape index (κ3) is 5.36. The fourth-order valence-electron chi connectivity index (χ4n) is 2.65. The maximum atomic E-state index is 12.8. The van der Waals surface area contributed by atoms with Crippen LogP contribution >= 0.6 is 23.2 Å². The number of rotatable bonds is 8. The fraction of sp³-hybridized carbons (Fsp3) is 0.105. The van der Waals surface area contributed by atoms with Crippen molar-refractivity contribution in [3.8, 4) is 11.5 Å². The number of nitrogens with zero attached hydrogens (tertiary/aromatic N) is 1. The van der Waals surface area contributed by atoms with Gasteiger partial charge in [-0.3, -0.25) is 9.44 Å². The molecule has 0 saturated heterocycles. The van der Waals surface area contributed by atoms with E-state index in [9.17, 15) is 16.8 Å². The van der Waals surface area contributed by atoms with E-state index >= 15 is 0 Å². The molecule has 32 heavy (non-hydrogen) atoms. The first-order chi connectivity index (χ1) is 15.1. The van der Waals surface area contributed by atoms with Crippen LogP contribution in [0.3, 0.4) is 0 Å². The van der Waals surface area contributed by atoms with E-state index in [2.05, 4.69) is 14.4 Å². The molecule has 0 spiro atoms. The molecule has 0 aliphatic heterocycles. The zero-order chi connectivity index (χ0) is 23.5. The lowest BCUT2D eigenvalue weighted by Gasteiger charge is -2.13. The summed E-state index contributed by atoms with van der Waals surface area (Å²) < 4.78 is 66.0. The van der Waals surface area contributed by atoms with Crippen molar-refractivity contribution in [1.29, 1.82) is 0 Å². The molecular formula is C19H17Cl2N3O6S2. The molecule has 0 unspecified atom stereocenters. The van der Waals surface area contributed by atoms with Gasteiger partial charge in [-0.15, -0.1) is 0 Å². The molecular weight excluding hydrogens is 501 g/mol. The van der Waals surface area contributed by atoms with Crippen LogP contribution in [0.25, 0.3) is 0 Å². The van der Waals surface area contributed by atoms with E-state index in [1.54, 1.807) is 0 Å². The second-order valence-corrected chi connectivity index (χ2v) is 10.4. The largest absolute Gasteiger partial charge is 0.495 e. The standard InChI is InChI=1S/C19H17Cl2N3O6S2/c1-29-14-8-6-12(20)10-16(14)31(25,26)23-18-4-3-5-19(22-18)24-32(27,28)17-11-13(21)7-9-15(17)30-2/h3-11H,1-2H3,(H2,22,23,24). The smallest absolute Gasteiger partial charge is 0.266 e. The molecule has 0 fully saturated rings. The predicted octanol–water partition coefficient (Wildman–Crippen LogP) is 4.01. The summed E-state index contributed by atoms with van der Waals surface area (Å²) in [6.07, 6.45) is 0. The van der Waals surface area contributed by atoms with Gasteiger partial charge in [0.25, 0.3) is 20.0 Å². The Kier molecular flexibility index (Phi) is 7.03. The number of aromatic nitrogens is 1. The van der Waals surface area contributed by atoms with Crippen molar-refractivity contribution in [2.45, 2.75) is 9.79 Å². The van der Waals surface area contributed by atoms with Crippen molar-refractivity contribution in [3.05, 3.63) is 64.6 Å². The van der Waals surface area contributed by atoms with E-state index < -0.39 is 20.0 Å². The molecule has 0 radical (unpaired) electrons. The molecule has 3 rings (SSSR count). The Morgan fingerprint density at radius 1 is 0.719 bits per heavy atom. The third-order valence-corrected chi connectivity index (χ3v) is 7.28. The number of sulfonamides is 2. The highest BCUT2D eigenvalue weighted by molar-refractivity contribution is 7.93. The topological polar surface area (TPSA) is 124 Å². The highest BCUT2D eigenvalue weighted by atomic mass is 35.5. The van der Waals surface area contributed by atoms with Gasteiger partial charge in [-0.05, 0) is 48.5 Å². The molecule has 1 aromatic heterocycles. The van der Waals surface area contributed by atoms with Crippen LogP contribution in [0.4, 0.5) is 11.6 Å². The van der Waals surface area contributed by atoms with Crippen LogP contribution in [0.2, 0.25) is 10.0 Å². The lowest BCUT2D eigenvalue weighted by atomic mass is 10.3. The molecule has 0 bridgehead atoms. The molecule has 1 heterocycles. The average molecular weight is 518 g/mol. The molecule has 170 valence electrons. The van der Waals surface area contributed by atoms with E-state index in [1.165, 1.54) is 68.8 Å². The van der Waals surface area contributed by atoms with Gasteiger partial charge < -0.3 is 9.47 Å². The molecule has 13 heteroatoms. The summed E-state index contributed by atoms with van der Waals surface area (Å²) in [6.45, 7) is 0. The molecule has 0 aliphatic carbocycles. The Morgan fingerprint density at radius 2 is 1.12 bits per heavy atom. The number of methoxy groups -OCH3 is 2. The maximum absolute atomic E-state index is 12.8. The number of halogens is 2. The quantitative estimate of drug-likeness (QED) is 0.462. The molecule has 3 aromatic rings. The van der Waals surface area contributed by atoms with E-state index in [1.807, 2.05) is 0 Å². The summed E-state index contributed by atoms with van der Waals surface area (Å²) >= 11 is 11.8. The van der Waals surface area contributed by atoms with Gasteiger partial charge in [0.1, 0.15) is 32.9 Å². The van der Waals surface area contributed by atoms with Crippen molar-refractivity contribution < 1.29 is 26.3 Å². The summed E-state index contributed by atoms with van der Waals surface area (Å²) in [4.78, 5) is 3.61. The summed E-state index contributed by atoms with van der Waals surface area (Å²) in [5.41, 5.74) is 0. The van der Waals surface area contributed by atoms with E-state index in [0.29, 0.717) is 0 Å². The van der Waals surface area contributed by atoms with Gasteiger partial charge in [0, 0.05) is 10.0 Å². The Hall–Kier alpha value is -2.73. The highest BCUT2D eigenvalue weighted by Gasteiger charge is 2.23. The molecule has 2 aromatic carbocycles. The number of hydrogen-bond donors (Lipinski definition) is 2. The first-order valence-corrected chi connectivity index (χ1v) is 12.5. The van der Waals surface area contributed by atoms with Crippen molar-refractivity contribution >= 4 is 54.9 Å². The fourth-order valence-corrected chi connectivity index (χ4v) is 5.52. The van der Waals surface area contributed by atoms with Gasteiger partial charge in [0.15, 0.2) is 0 Å². The van der Waals surface area contributed by atoms with Crippen LogP contribution in [-0.2, 0) is 20.0 Å². The molecule has 2 N–H and O–H groups in total. The van der Waals surface area contributed by atoms with Crippen LogP contribution in [0.15, 0.2) is 64.4 Å². The number of benzene rings is 2. The lowest BCUT2D eigenvalue weighted by Crippen LogP contribution is -2.17. The van der Waals surface area contributed by atoms with Gasteiger partial charge in [0.2, 0.25) is 0 Å². The van der Waals surface area contributed by atoms with Crippen LogP contribution in [0, 0.1) is 0 Å². The average Bonchev–Trinajstić information content (AvgIpc) is 2.73. The van der Waals surface area contributed by atoms with Gasteiger partial charge in [-0.25, -0.2) is 21.8 Å². The first kappa shape index (κ1) is 23.9. The molecule has 0 aliphatic rings. The summed E-state index contributed by atoms with van der Waals surface area (Å²) in [5.74, 6) is -0.116.